The third-order valence-corrected chi connectivity index (χ3v) is 9.72. The van der Waals surface area contributed by atoms with Gasteiger partial charge in [-0.3, -0.25) is 9.38 Å². The number of hydrogen-bond acceptors (Lipinski definition) is 3. The van der Waals surface area contributed by atoms with Crippen molar-refractivity contribution in [3.63, 3.8) is 0 Å². The Kier molecular flexibility index (Phi) is 4.75. The Morgan fingerprint density at radius 3 is 1.89 bits per heavy atom. The summed E-state index contributed by atoms with van der Waals surface area (Å²) in [6.07, 6.45) is 5.54. The molecule has 0 atom stereocenters. The smallest absolute Gasteiger partial charge is 0.147 e. The molecule has 6 heterocycles. The van der Waals surface area contributed by atoms with E-state index in [1.807, 2.05) is 24.5 Å². The number of fused-ring (bicyclic) bond motifs is 15. The fraction of sp³-hybridized carbons (Fsp3) is 0. The fourth-order valence-electron chi connectivity index (χ4n) is 7.83. The average molecular weight is 601 g/mol. The second-order valence-electron chi connectivity index (χ2n) is 12.1. The van der Waals surface area contributed by atoms with E-state index in [4.69, 9.17) is 9.97 Å². The van der Waals surface area contributed by atoms with E-state index in [2.05, 4.69) is 134 Å². The van der Waals surface area contributed by atoms with Crippen LogP contribution in [0.25, 0.3) is 93.5 Å². The first kappa shape index (κ1) is 24.8. The van der Waals surface area contributed by atoms with Crippen LogP contribution in [0.15, 0.2) is 146 Å². The standard InChI is InChI=1S/C41H24N6/c1-3-10-25(11-4-1)45-33-16-8-7-14-28(33)38-34(45)17-18-35-39(38)31-22-30-29(23-36(31)46(35)26-12-5-2-6-13-26)27-15-9-20-43-40(27)47-37-24-42-21-19-32(37)44-41(30)47/h1-24H. The number of benzene rings is 5. The highest BCUT2D eigenvalue weighted by atomic mass is 15.1. The fourth-order valence-corrected chi connectivity index (χ4v) is 7.83. The predicted octanol–water partition coefficient (Wildman–Crippen LogP) is 9.78. The van der Waals surface area contributed by atoms with E-state index in [9.17, 15) is 0 Å². The highest BCUT2D eigenvalue weighted by Gasteiger charge is 2.23. The minimum absolute atomic E-state index is 0.876. The maximum Gasteiger partial charge on any atom is 0.147 e. The molecule has 6 heteroatoms. The summed E-state index contributed by atoms with van der Waals surface area (Å²) in [6, 6.07) is 45.6. The van der Waals surface area contributed by atoms with Crippen LogP contribution < -0.4 is 0 Å². The molecule has 0 radical (unpaired) electrons. The first-order valence-corrected chi connectivity index (χ1v) is 15.8. The molecule has 5 aromatic carbocycles. The van der Waals surface area contributed by atoms with Crippen molar-refractivity contribution in [1.29, 1.82) is 0 Å². The average Bonchev–Trinajstić information content (AvgIpc) is 3.79. The molecule has 11 aromatic rings. The molecular formula is C41H24N6. The SMILES string of the molecule is c1ccc(-n2c3ccccc3c3c4c5cc6c(cc5n(-c5ccccc5)c4ccc32)c2cccnc2n2c3cnccc3nc62)cc1. The molecule has 0 aliphatic carbocycles. The molecule has 0 N–H and O–H groups in total. The van der Waals surface area contributed by atoms with Crippen molar-refractivity contribution in [2.45, 2.75) is 0 Å². The van der Waals surface area contributed by atoms with E-state index < -0.39 is 0 Å². The molecule has 6 nitrogen and oxygen atoms in total. The van der Waals surface area contributed by atoms with E-state index in [1.165, 1.54) is 38.1 Å². The minimum atomic E-state index is 0.876. The summed E-state index contributed by atoms with van der Waals surface area (Å²) in [5.41, 5.74) is 10.6. The lowest BCUT2D eigenvalue weighted by atomic mass is 10.0. The molecule has 0 fully saturated rings. The summed E-state index contributed by atoms with van der Waals surface area (Å²) in [5.74, 6) is 0. The second-order valence-corrected chi connectivity index (χ2v) is 12.1. The normalized spacial score (nSPS) is 12.3. The van der Waals surface area contributed by atoms with E-state index in [0.29, 0.717) is 0 Å². The van der Waals surface area contributed by atoms with Gasteiger partial charge in [0.15, 0.2) is 0 Å². The largest absolute Gasteiger partial charge is 0.309 e. The lowest BCUT2D eigenvalue weighted by molar-refractivity contribution is 1.17. The molecule has 0 spiro atoms. The van der Waals surface area contributed by atoms with Crippen molar-refractivity contribution in [2.75, 3.05) is 0 Å². The van der Waals surface area contributed by atoms with E-state index >= 15 is 0 Å². The Balaban J connectivity index is 1.42. The minimum Gasteiger partial charge on any atom is -0.309 e. The Labute approximate surface area is 267 Å². The summed E-state index contributed by atoms with van der Waals surface area (Å²) in [7, 11) is 0. The van der Waals surface area contributed by atoms with Gasteiger partial charge in [0, 0.05) is 56.1 Å². The second kappa shape index (κ2) is 9.02. The maximum absolute atomic E-state index is 5.17. The van der Waals surface area contributed by atoms with Gasteiger partial charge >= 0.3 is 0 Å². The quantitative estimate of drug-likeness (QED) is 0.186. The monoisotopic (exact) mass is 600 g/mol. The number of rotatable bonds is 2. The van der Waals surface area contributed by atoms with Crippen LogP contribution in [0.2, 0.25) is 0 Å². The number of pyridine rings is 3. The maximum atomic E-state index is 5.17. The summed E-state index contributed by atoms with van der Waals surface area (Å²) in [5, 5.41) is 8.19. The highest BCUT2D eigenvalue weighted by Crippen LogP contribution is 2.44. The summed E-state index contributed by atoms with van der Waals surface area (Å²) < 4.78 is 6.97. The van der Waals surface area contributed by atoms with Crippen LogP contribution >= 0.6 is 0 Å². The van der Waals surface area contributed by atoms with Gasteiger partial charge in [-0.2, -0.15) is 0 Å². The molecule has 218 valence electrons. The van der Waals surface area contributed by atoms with Crippen molar-refractivity contribution in [2.24, 2.45) is 0 Å². The molecule has 11 rings (SSSR count). The number of nitrogens with zero attached hydrogens (tertiary/aromatic N) is 6. The Bertz CT molecular complexity index is 3060. The van der Waals surface area contributed by atoms with E-state index in [-0.39, 0.29) is 0 Å². The van der Waals surface area contributed by atoms with Gasteiger partial charge in [0.25, 0.3) is 0 Å². The Hall–Kier alpha value is -6.53. The van der Waals surface area contributed by atoms with Crippen molar-refractivity contribution in [3.05, 3.63) is 146 Å². The Morgan fingerprint density at radius 1 is 0.426 bits per heavy atom. The van der Waals surface area contributed by atoms with Crippen LogP contribution in [0.3, 0.4) is 0 Å². The molecule has 6 aromatic heterocycles. The van der Waals surface area contributed by atoms with Crippen LogP contribution in [0.1, 0.15) is 0 Å². The molecule has 0 saturated heterocycles. The number of para-hydroxylation sites is 3. The van der Waals surface area contributed by atoms with Gasteiger partial charge < -0.3 is 9.13 Å². The zero-order valence-corrected chi connectivity index (χ0v) is 25.0. The van der Waals surface area contributed by atoms with E-state index in [1.54, 1.807) is 6.20 Å². The molecule has 47 heavy (non-hydrogen) atoms. The van der Waals surface area contributed by atoms with Crippen LogP contribution in [0, 0.1) is 0 Å². The number of hydrogen-bond donors (Lipinski definition) is 0. The first-order valence-electron chi connectivity index (χ1n) is 15.8. The van der Waals surface area contributed by atoms with Gasteiger partial charge in [-0.15, -0.1) is 0 Å². The van der Waals surface area contributed by atoms with Gasteiger partial charge in [-0.1, -0.05) is 54.6 Å². The van der Waals surface area contributed by atoms with Crippen molar-refractivity contribution >= 4 is 82.1 Å². The lowest BCUT2D eigenvalue weighted by Gasteiger charge is -2.11. The van der Waals surface area contributed by atoms with Crippen molar-refractivity contribution in [1.82, 2.24) is 28.5 Å². The van der Waals surface area contributed by atoms with Crippen LogP contribution in [0.5, 0.6) is 0 Å². The van der Waals surface area contributed by atoms with Gasteiger partial charge in [-0.05, 0) is 78.2 Å². The van der Waals surface area contributed by atoms with Gasteiger partial charge in [0.05, 0.1) is 39.3 Å². The van der Waals surface area contributed by atoms with E-state index in [0.717, 1.165) is 55.4 Å². The molecule has 0 saturated carbocycles. The molecule has 0 aliphatic rings. The molecule has 0 aliphatic heterocycles. The van der Waals surface area contributed by atoms with Crippen molar-refractivity contribution < 1.29 is 0 Å². The highest BCUT2D eigenvalue weighted by molar-refractivity contribution is 6.31. The number of imidazole rings is 1. The Morgan fingerprint density at radius 2 is 1.11 bits per heavy atom. The zero-order chi connectivity index (χ0) is 30.6. The first-order chi connectivity index (χ1) is 23.3. The van der Waals surface area contributed by atoms with Gasteiger partial charge in [-0.25, -0.2) is 9.97 Å². The molecule has 0 bridgehead atoms. The van der Waals surface area contributed by atoms with Crippen LogP contribution in [0.4, 0.5) is 0 Å². The van der Waals surface area contributed by atoms with Crippen molar-refractivity contribution in [3.8, 4) is 11.4 Å². The molecule has 0 unspecified atom stereocenters. The molecule has 0 amide bonds. The van der Waals surface area contributed by atoms with Crippen LogP contribution in [-0.2, 0) is 0 Å². The number of aromatic nitrogens is 6. The third kappa shape index (κ3) is 3.21. The lowest BCUT2D eigenvalue weighted by Crippen LogP contribution is -1.96. The zero-order valence-electron chi connectivity index (χ0n) is 25.0. The molecular weight excluding hydrogens is 576 g/mol. The summed E-state index contributed by atoms with van der Waals surface area (Å²) in [4.78, 5) is 14.5. The predicted molar refractivity (Wildman–Crippen MR) is 192 cm³/mol. The van der Waals surface area contributed by atoms with Crippen LogP contribution in [-0.4, -0.2) is 28.5 Å². The van der Waals surface area contributed by atoms with Gasteiger partial charge in [0.1, 0.15) is 11.3 Å². The third-order valence-electron chi connectivity index (χ3n) is 9.72. The topological polar surface area (TPSA) is 52.9 Å². The van der Waals surface area contributed by atoms with Gasteiger partial charge in [0.2, 0.25) is 0 Å². The summed E-state index contributed by atoms with van der Waals surface area (Å²) in [6.45, 7) is 0. The summed E-state index contributed by atoms with van der Waals surface area (Å²) >= 11 is 0.